The summed E-state index contributed by atoms with van der Waals surface area (Å²) in [5.74, 6) is 1.10. The third-order valence-electron chi connectivity index (χ3n) is 6.43. The number of likely N-dealkylation sites (N-methyl/N-ethyl adjacent to an activating group) is 1. The third-order valence-corrected chi connectivity index (χ3v) is 6.43. The molecule has 0 bridgehead atoms. The molecule has 4 rings (SSSR count). The number of carbonyl (C=O) groups is 1. The first kappa shape index (κ1) is 26.4. The summed E-state index contributed by atoms with van der Waals surface area (Å²) in [6, 6.07) is 19.6. The van der Waals surface area contributed by atoms with Crippen LogP contribution in [0, 0.1) is 24.0 Å². The maximum atomic E-state index is 13.7. The van der Waals surface area contributed by atoms with Gasteiger partial charge in [0.2, 0.25) is 0 Å². The van der Waals surface area contributed by atoms with Gasteiger partial charge in [-0.05, 0) is 73.4 Å². The molecular formula is C29H30N4O5. The lowest BCUT2D eigenvalue weighted by molar-refractivity contribution is -0.384. The van der Waals surface area contributed by atoms with E-state index in [1.165, 1.54) is 12.1 Å². The highest BCUT2D eigenvalue weighted by molar-refractivity contribution is 5.94. The number of benzene rings is 3. The summed E-state index contributed by atoms with van der Waals surface area (Å²) >= 11 is 0. The Morgan fingerprint density at radius 1 is 0.974 bits per heavy atom. The van der Waals surface area contributed by atoms with Gasteiger partial charge in [0.25, 0.3) is 11.6 Å². The molecule has 0 radical (unpaired) electrons. The Hall–Kier alpha value is -4.66. The van der Waals surface area contributed by atoms with Crippen LogP contribution in [0.2, 0.25) is 0 Å². The van der Waals surface area contributed by atoms with Crippen LogP contribution in [0.15, 0.2) is 66.7 Å². The smallest absolute Gasteiger partial charge is 0.272 e. The number of carbonyl (C=O) groups excluding carboxylic acids is 1. The Morgan fingerprint density at radius 2 is 1.68 bits per heavy atom. The average Bonchev–Trinajstić information content (AvgIpc) is 3.37. The molecule has 0 unspecified atom stereocenters. The number of aryl methyl sites for hydroxylation is 2. The molecule has 1 amide bonds. The molecule has 9 nitrogen and oxygen atoms in total. The molecular weight excluding hydrogens is 484 g/mol. The van der Waals surface area contributed by atoms with Gasteiger partial charge in [-0.15, -0.1) is 0 Å². The molecule has 0 aliphatic heterocycles. The van der Waals surface area contributed by atoms with Gasteiger partial charge in [-0.3, -0.25) is 14.9 Å². The van der Waals surface area contributed by atoms with Crippen molar-refractivity contribution in [3.63, 3.8) is 0 Å². The molecule has 38 heavy (non-hydrogen) atoms. The Balaban J connectivity index is 1.66. The van der Waals surface area contributed by atoms with Crippen LogP contribution in [0.25, 0.3) is 16.9 Å². The van der Waals surface area contributed by atoms with Crippen LogP contribution in [0.4, 0.5) is 5.69 Å². The number of nitro groups is 1. The quantitative estimate of drug-likeness (QED) is 0.219. The zero-order valence-corrected chi connectivity index (χ0v) is 22.1. The van der Waals surface area contributed by atoms with Crippen LogP contribution in [-0.4, -0.2) is 53.3 Å². The minimum atomic E-state index is -0.444. The summed E-state index contributed by atoms with van der Waals surface area (Å²) in [6.07, 6.45) is 0.620. The fourth-order valence-corrected chi connectivity index (χ4v) is 4.19. The predicted octanol–water partition coefficient (Wildman–Crippen LogP) is 5.40. The molecule has 196 valence electrons. The first-order valence-electron chi connectivity index (χ1n) is 12.1. The molecule has 0 aliphatic carbocycles. The van der Waals surface area contributed by atoms with Crippen LogP contribution < -0.4 is 9.47 Å². The van der Waals surface area contributed by atoms with Crippen LogP contribution in [0.1, 0.15) is 27.2 Å². The first-order valence-corrected chi connectivity index (χ1v) is 12.1. The molecule has 0 atom stereocenters. The topological polar surface area (TPSA) is 99.7 Å². The lowest BCUT2D eigenvalue weighted by atomic mass is 10.1. The van der Waals surface area contributed by atoms with E-state index in [2.05, 4.69) is 0 Å². The molecule has 4 aromatic rings. The van der Waals surface area contributed by atoms with E-state index in [9.17, 15) is 14.9 Å². The van der Waals surface area contributed by atoms with Gasteiger partial charge in [0.05, 0.1) is 30.5 Å². The van der Waals surface area contributed by atoms with Crippen molar-refractivity contribution in [2.24, 2.45) is 0 Å². The number of rotatable bonds is 9. The number of non-ortho nitro benzene ring substituents is 1. The second kappa shape index (κ2) is 11.2. The Labute approximate surface area is 221 Å². The average molecular weight is 515 g/mol. The highest BCUT2D eigenvalue weighted by Gasteiger charge is 2.22. The van der Waals surface area contributed by atoms with E-state index >= 15 is 0 Å². The minimum Gasteiger partial charge on any atom is -0.493 e. The molecule has 0 fully saturated rings. The van der Waals surface area contributed by atoms with E-state index in [1.54, 1.807) is 49.0 Å². The molecule has 9 heteroatoms. The molecule has 1 aromatic heterocycles. The predicted molar refractivity (Wildman–Crippen MR) is 145 cm³/mol. The van der Waals surface area contributed by atoms with E-state index in [0.717, 1.165) is 22.4 Å². The van der Waals surface area contributed by atoms with Gasteiger partial charge < -0.3 is 14.4 Å². The lowest BCUT2D eigenvalue weighted by Gasteiger charge is -2.19. The first-order chi connectivity index (χ1) is 18.2. The number of methoxy groups -OCH3 is 2. The van der Waals surface area contributed by atoms with E-state index in [4.69, 9.17) is 14.6 Å². The van der Waals surface area contributed by atoms with Crippen molar-refractivity contribution >= 4 is 11.6 Å². The second-order valence-corrected chi connectivity index (χ2v) is 9.09. The van der Waals surface area contributed by atoms with Gasteiger partial charge in [0.15, 0.2) is 11.5 Å². The van der Waals surface area contributed by atoms with Gasteiger partial charge in [0.1, 0.15) is 5.69 Å². The SMILES string of the molecule is COc1ccc(CCN(C)C(=O)c2cc(-c3ccc([N+](=O)[O-])cc3)nn2-c2cc(C)ccc2C)cc1OC. The van der Waals surface area contributed by atoms with Crippen molar-refractivity contribution in [1.29, 1.82) is 0 Å². The summed E-state index contributed by atoms with van der Waals surface area (Å²) < 4.78 is 12.4. The Morgan fingerprint density at radius 3 is 2.34 bits per heavy atom. The zero-order chi connectivity index (χ0) is 27.4. The van der Waals surface area contributed by atoms with Crippen LogP contribution >= 0.6 is 0 Å². The van der Waals surface area contributed by atoms with Crippen molar-refractivity contribution in [1.82, 2.24) is 14.7 Å². The van der Waals surface area contributed by atoms with Gasteiger partial charge in [-0.25, -0.2) is 4.68 Å². The maximum Gasteiger partial charge on any atom is 0.272 e. The standard InChI is InChI=1S/C29H30N4O5/c1-19-6-7-20(2)25(16-19)32-26(18-24(30-32)22-9-11-23(12-10-22)33(35)36)29(34)31(3)15-14-21-8-13-27(37-4)28(17-21)38-5/h6-13,16-18H,14-15H2,1-5H3. The minimum absolute atomic E-state index is 0.00564. The highest BCUT2D eigenvalue weighted by atomic mass is 16.6. The molecule has 0 saturated heterocycles. The molecule has 1 heterocycles. The van der Waals surface area contributed by atoms with Crippen molar-refractivity contribution < 1.29 is 19.2 Å². The van der Waals surface area contributed by atoms with Gasteiger partial charge in [-0.2, -0.15) is 5.10 Å². The fourth-order valence-electron chi connectivity index (χ4n) is 4.19. The van der Waals surface area contributed by atoms with Crippen molar-refractivity contribution in [2.45, 2.75) is 20.3 Å². The molecule has 3 aromatic carbocycles. The molecule has 0 aliphatic rings. The zero-order valence-electron chi connectivity index (χ0n) is 22.1. The summed E-state index contributed by atoms with van der Waals surface area (Å²) in [6.45, 7) is 4.43. The Bertz CT molecular complexity index is 1480. The summed E-state index contributed by atoms with van der Waals surface area (Å²) in [4.78, 5) is 26.0. The number of nitrogens with zero attached hydrogens (tertiary/aromatic N) is 4. The number of ether oxygens (including phenoxy) is 2. The lowest BCUT2D eigenvalue weighted by Crippen LogP contribution is -2.30. The third kappa shape index (κ3) is 5.51. The van der Waals surface area contributed by atoms with E-state index in [1.807, 2.05) is 50.2 Å². The number of hydrogen-bond acceptors (Lipinski definition) is 6. The summed E-state index contributed by atoms with van der Waals surface area (Å²) in [7, 11) is 4.94. The second-order valence-electron chi connectivity index (χ2n) is 9.09. The summed E-state index contributed by atoms with van der Waals surface area (Å²) in [5, 5.41) is 15.8. The fraction of sp³-hybridized carbons (Fsp3) is 0.241. The van der Waals surface area contributed by atoms with Crippen LogP contribution in [-0.2, 0) is 6.42 Å². The monoisotopic (exact) mass is 514 g/mol. The molecule has 0 spiro atoms. The van der Waals surface area contributed by atoms with Gasteiger partial charge in [0, 0.05) is 31.3 Å². The van der Waals surface area contributed by atoms with E-state index in [-0.39, 0.29) is 11.6 Å². The van der Waals surface area contributed by atoms with Crippen molar-refractivity contribution in [3.05, 3.63) is 99.2 Å². The largest absolute Gasteiger partial charge is 0.493 e. The van der Waals surface area contributed by atoms with Crippen LogP contribution in [0.5, 0.6) is 11.5 Å². The highest BCUT2D eigenvalue weighted by Crippen LogP contribution is 2.29. The molecule has 0 saturated carbocycles. The normalized spacial score (nSPS) is 10.8. The van der Waals surface area contributed by atoms with Gasteiger partial charge in [-0.1, -0.05) is 18.2 Å². The number of aromatic nitrogens is 2. The van der Waals surface area contributed by atoms with E-state index in [0.29, 0.717) is 41.4 Å². The molecule has 0 N–H and O–H groups in total. The van der Waals surface area contributed by atoms with Crippen molar-refractivity contribution in [2.75, 3.05) is 27.8 Å². The van der Waals surface area contributed by atoms with Gasteiger partial charge >= 0.3 is 0 Å². The van der Waals surface area contributed by atoms with E-state index < -0.39 is 4.92 Å². The number of amides is 1. The van der Waals surface area contributed by atoms with Crippen molar-refractivity contribution in [3.8, 4) is 28.4 Å². The number of hydrogen-bond donors (Lipinski definition) is 0. The summed E-state index contributed by atoms with van der Waals surface area (Å²) in [5.41, 5.74) is 5.45. The maximum absolute atomic E-state index is 13.7. The number of nitro benzene ring substituents is 1. The van der Waals surface area contributed by atoms with Crippen LogP contribution in [0.3, 0.4) is 0 Å². The Kier molecular flexibility index (Phi) is 7.76.